The van der Waals surface area contributed by atoms with Crippen molar-refractivity contribution in [3.05, 3.63) is 96.1 Å². The molecule has 0 bridgehead atoms. The predicted molar refractivity (Wildman–Crippen MR) is 137 cm³/mol. The Balaban J connectivity index is 1.47. The summed E-state index contributed by atoms with van der Waals surface area (Å²) < 4.78 is 6.68. The van der Waals surface area contributed by atoms with Crippen molar-refractivity contribution in [1.82, 2.24) is 4.98 Å². The molecule has 6 heteroatoms. The molecule has 4 aromatic carbocycles. The first-order valence-corrected chi connectivity index (χ1v) is 11.8. The summed E-state index contributed by atoms with van der Waals surface area (Å²) in [7, 11) is 0. The molecule has 168 valence electrons. The van der Waals surface area contributed by atoms with E-state index in [9.17, 15) is 9.59 Å². The molecule has 34 heavy (non-hydrogen) atoms. The average Bonchev–Trinajstić information content (AvgIpc) is 3.28. The van der Waals surface area contributed by atoms with Crippen LogP contribution in [-0.4, -0.2) is 23.0 Å². The normalized spacial score (nSPS) is 11.9. The van der Waals surface area contributed by atoms with Gasteiger partial charge in [0.15, 0.2) is 6.10 Å². The number of thiazole rings is 1. The first kappa shape index (κ1) is 21.8. The minimum absolute atomic E-state index is 0.380. The topological polar surface area (TPSA) is 68.3 Å². The Kier molecular flexibility index (Phi) is 5.82. The molecule has 5 rings (SSSR count). The van der Waals surface area contributed by atoms with Crippen molar-refractivity contribution in [3.8, 4) is 10.6 Å². The van der Waals surface area contributed by atoms with Gasteiger partial charge in [-0.25, -0.2) is 9.78 Å². The van der Waals surface area contributed by atoms with Crippen LogP contribution in [0.3, 0.4) is 0 Å². The van der Waals surface area contributed by atoms with E-state index in [-0.39, 0.29) is 5.91 Å². The molecular formula is C28H22N2O3S. The molecule has 0 aliphatic rings. The fraction of sp³-hybridized carbons (Fsp3) is 0.107. The SMILES string of the molecule is Cc1ccccc1NC(=O)C(C)OC(=O)c1cccc2cccc(-c3nc4ccccc4s3)c12. The van der Waals surface area contributed by atoms with Crippen LogP contribution in [0.5, 0.6) is 0 Å². The lowest BCUT2D eigenvalue weighted by Crippen LogP contribution is -2.30. The summed E-state index contributed by atoms with van der Waals surface area (Å²) in [5.41, 5.74) is 3.81. The van der Waals surface area contributed by atoms with Gasteiger partial charge in [-0.2, -0.15) is 0 Å². The van der Waals surface area contributed by atoms with Gasteiger partial charge in [0.25, 0.3) is 5.91 Å². The Hall–Kier alpha value is -4.03. The van der Waals surface area contributed by atoms with E-state index < -0.39 is 12.1 Å². The minimum atomic E-state index is -0.961. The van der Waals surface area contributed by atoms with Gasteiger partial charge in [-0.15, -0.1) is 11.3 Å². The van der Waals surface area contributed by atoms with Gasteiger partial charge in [-0.1, -0.05) is 60.7 Å². The molecule has 0 spiro atoms. The van der Waals surface area contributed by atoms with Gasteiger partial charge in [-0.05, 0) is 49.1 Å². The highest BCUT2D eigenvalue weighted by Gasteiger charge is 2.22. The number of para-hydroxylation sites is 2. The molecule has 0 saturated carbocycles. The molecule has 1 unspecified atom stereocenters. The zero-order valence-electron chi connectivity index (χ0n) is 18.7. The second-order valence-corrected chi connectivity index (χ2v) is 9.08. The van der Waals surface area contributed by atoms with Gasteiger partial charge in [0.05, 0.1) is 15.8 Å². The smallest absolute Gasteiger partial charge is 0.339 e. The molecule has 0 aliphatic heterocycles. The number of amides is 1. The summed E-state index contributed by atoms with van der Waals surface area (Å²) in [6.07, 6.45) is -0.961. The summed E-state index contributed by atoms with van der Waals surface area (Å²) in [4.78, 5) is 30.7. The molecule has 1 atom stereocenters. The van der Waals surface area contributed by atoms with Crippen LogP contribution in [0, 0.1) is 6.92 Å². The van der Waals surface area contributed by atoms with Crippen molar-refractivity contribution >= 4 is 49.9 Å². The Morgan fingerprint density at radius 3 is 2.44 bits per heavy atom. The molecule has 1 N–H and O–H groups in total. The van der Waals surface area contributed by atoms with E-state index in [4.69, 9.17) is 9.72 Å². The number of aryl methyl sites for hydroxylation is 1. The minimum Gasteiger partial charge on any atom is -0.449 e. The molecular weight excluding hydrogens is 444 g/mol. The van der Waals surface area contributed by atoms with Crippen LogP contribution in [-0.2, 0) is 9.53 Å². The fourth-order valence-electron chi connectivity index (χ4n) is 3.90. The maximum atomic E-state index is 13.2. The number of nitrogens with one attached hydrogen (secondary N) is 1. The molecule has 1 heterocycles. The Labute approximate surface area is 201 Å². The van der Waals surface area contributed by atoms with Crippen LogP contribution >= 0.6 is 11.3 Å². The predicted octanol–water partition coefficient (Wildman–Crippen LogP) is 6.61. The van der Waals surface area contributed by atoms with Gasteiger partial charge in [0, 0.05) is 16.6 Å². The van der Waals surface area contributed by atoms with Crippen molar-refractivity contribution in [2.75, 3.05) is 5.32 Å². The van der Waals surface area contributed by atoms with Crippen molar-refractivity contribution < 1.29 is 14.3 Å². The number of anilines is 1. The number of carbonyl (C=O) groups is 2. The van der Waals surface area contributed by atoms with E-state index in [1.54, 1.807) is 24.3 Å². The third-order valence-electron chi connectivity index (χ3n) is 5.70. The van der Waals surface area contributed by atoms with E-state index >= 15 is 0 Å². The molecule has 0 saturated heterocycles. The molecule has 5 aromatic rings. The largest absolute Gasteiger partial charge is 0.449 e. The zero-order chi connectivity index (χ0) is 23.7. The maximum absolute atomic E-state index is 13.2. The second-order valence-electron chi connectivity index (χ2n) is 8.05. The number of aromatic nitrogens is 1. The number of ether oxygens (including phenoxy) is 1. The van der Waals surface area contributed by atoms with Crippen LogP contribution in [0.25, 0.3) is 31.6 Å². The van der Waals surface area contributed by atoms with Gasteiger partial charge in [0.2, 0.25) is 0 Å². The summed E-state index contributed by atoms with van der Waals surface area (Å²) in [6.45, 7) is 3.48. The zero-order valence-corrected chi connectivity index (χ0v) is 19.6. The molecule has 1 amide bonds. The number of rotatable bonds is 5. The monoisotopic (exact) mass is 466 g/mol. The molecule has 0 radical (unpaired) electrons. The van der Waals surface area contributed by atoms with E-state index in [1.807, 2.05) is 85.8 Å². The third-order valence-corrected chi connectivity index (χ3v) is 6.77. The highest BCUT2D eigenvalue weighted by molar-refractivity contribution is 7.21. The van der Waals surface area contributed by atoms with Crippen molar-refractivity contribution in [2.45, 2.75) is 20.0 Å². The lowest BCUT2D eigenvalue weighted by atomic mass is 9.99. The van der Waals surface area contributed by atoms with E-state index in [0.717, 1.165) is 37.1 Å². The van der Waals surface area contributed by atoms with Gasteiger partial charge >= 0.3 is 5.97 Å². The summed E-state index contributed by atoms with van der Waals surface area (Å²) in [5, 5.41) is 5.33. The molecule has 0 fully saturated rings. The highest BCUT2D eigenvalue weighted by Crippen LogP contribution is 2.36. The number of nitrogens with zero attached hydrogens (tertiary/aromatic N) is 1. The van der Waals surface area contributed by atoms with E-state index in [2.05, 4.69) is 5.32 Å². The van der Waals surface area contributed by atoms with Gasteiger partial charge < -0.3 is 10.1 Å². The molecule has 1 aromatic heterocycles. The standard InChI is InChI=1S/C28H22N2O3S/c1-17-9-3-4-14-22(17)29-26(31)18(2)33-28(32)21-13-8-11-19-10-7-12-20(25(19)21)27-30-23-15-5-6-16-24(23)34-27/h3-16,18H,1-2H3,(H,29,31). The first-order chi connectivity index (χ1) is 16.5. The quantitative estimate of drug-likeness (QED) is 0.296. The fourth-order valence-corrected chi connectivity index (χ4v) is 4.90. The van der Waals surface area contributed by atoms with Crippen molar-refractivity contribution in [2.24, 2.45) is 0 Å². The number of benzene rings is 4. The van der Waals surface area contributed by atoms with Crippen LogP contribution < -0.4 is 5.32 Å². The van der Waals surface area contributed by atoms with Crippen LogP contribution in [0.2, 0.25) is 0 Å². The summed E-state index contributed by atoms with van der Waals surface area (Å²) in [5.74, 6) is -0.930. The Bertz CT molecular complexity index is 1500. The van der Waals surface area contributed by atoms with Gasteiger partial charge in [-0.3, -0.25) is 4.79 Å². The lowest BCUT2D eigenvalue weighted by Gasteiger charge is -2.16. The van der Waals surface area contributed by atoms with Crippen LogP contribution in [0.1, 0.15) is 22.8 Å². The number of hydrogen-bond donors (Lipinski definition) is 1. The van der Waals surface area contributed by atoms with Crippen molar-refractivity contribution in [1.29, 1.82) is 0 Å². The highest BCUT2D eigenvalue weighted by atomic mass is 32.1. The summed E-state index contributed by atoms with van der Waals surface area (Å²) in [6, 6.07) is 26.8. The van der Waals surface area contributed by atoms with Crippen LogP contribution in [0.15, 0.2) is 84.9 Å². The lowest BCUT2D eigenvalue weighted by molar-refractivity contribution is -0.123. The first-order valence-electron chi connectivity index (χ1n) is 11.0. The number of esters is 1. The van der Waals surface area contributed by atoms with E-state index in [1.165, 1.54) is 0 Å². The van der Waals surface area contributed by atoms with Crippen LogP contribution in [0.4, 0.5) is 5.69 Å². The molecule has 0 aliphatic carbocycles. The number of carbonyl (C=O) groups excluding carboxylic acids is 2. The second kappa shape index (κ2) is 9.08. The third kappa shape index (κ3) is 4.16. The average molecular weight is 467 g/mol. The number of hydrogen-bond acceptors (Lipinski definition) is 5. The van der Waals surface area contributed by atoms with Crippen molar-refractivity contribution in [3.63, 3.8) is 0 Å². The molecule has 5 nitrogen and oxygen atoms in total. The van der Waals surface area contributed by atoms with E-state index in [0.29, 0.717) is 11.3 Å². The number of fused-ring (bicyclic) bond motifs is 2. The Morgan fingerprint density at radius 2 is 1.65 bits per heavy atom. The van der Waals surface area contributed by atoms with Gasteiger partial charge in [0.1, 0.15) is 5.01 Å². The summed E-state index contributed by atoms with van der Waals surface area (Å²) >= 11 is 1.58. The Morgan fingerprint density at radius 1 is 0.912 bits per heavy atom. The maximum Gasteiger partial charge on any atom is 0.339 e.